The van der Waals surface area contributed by atoms with Crippen molar-refractivity contribution in [1.29, 1.82) is 0 Å². The zero-order valence-corrected chi connectivity index (χ0v) is 13.7. The number of nitrogens with zero attached hydrogens (tertiary/aromatic N) is 3. The molecule has 1 aromatic rings. The number of nitrogens with one attached hydrogen (secondary N) is 1. The van der Waals surface area contributed by atoms with Crippen molar-refractivity contribution in [2.45, 2.75) is 50.6 Å². The summed E-state index contributed by atoms with van der Waals surface area (Å²) in [7, 11) is 1.50. The Balaban J connectivity index is 1.59. The lowest BCUT2D eigenvalue weighted by Gasteiger charge is -2.34. The van der Waals surface area contributed by atoms with Crippen molar-refractivity contribution in [3.63, 3.8) is 0 Å². The van der Waals surface area contributed by atoms with E-state index in [0.29, 0.717) is 23.7 Å². The van der Waals surface area contributed by atoms with Crippen LogP contribution in [0.15, 0.2) is 6.20 Å². The van der Waals surface area contributed by atoms with E-state index in [-0.39, 0.29) is 29.9 Å². The van der Waals surface area contributed by atoms with E-state index in [0.717, 1.165) is 25.7 Å². The number of methoxy groups -OCH3 is 1. The van der Waals surface area contributed by atoms with E-state index in [9.17, 15) is 9.59 Å². The fraction of sp³-hybridized carbons (Fsp3) is 0.600. The number of carbonyl (C=O) groups is 2. The monoisotopic (exact) mass is 338 g/mol. The summed E-state index contributed by atoms with van der Waals surface area (Å²) >= 11 is 6.10. The summed E-state index contributed by atoms with van der Waals surface area (Å²) < 4.78 is 5.00. The number of likely N-dealkylation sites (tertiary alicyclic amines) is 1. The van der Waals surface area contributed by atoms with Crippen LogP contribution in [0.5, 0.6) is 6.01 Å². The van der Waals surface area contributed by atoms with E-state index in [1.54, 1.807) is 0 Å². The van der Waals surface area contributed by atoms with Gasteiger partial charge < -0.3 is 10.1 Å². The molecule has 2 amide bonds. The Morgan fingerprint density at radius 1 is 1.22 bits per heavy atom. The molecule has 7 nitrogen and oxygen atoms in total. The third-order valence-corrected chi connectivity index (χ3v) is 4.67. The van der Waals surface area contributed by atoms with Gasteiger partial charge in [-0.05, 0) is 25.7 Å². The number of imide groups is 1. The molecule has 23 heavy (non-hydrogen) atoms. The summed E-state index contributed by atoms with van der Waals surface area (Å²) in [6.45, 7) is 0. The first-order valence-corrected chi connectivity index (χ1v) is 8.14. The second kappa shape index (κ2) is 6.70. The molecule has 2 heterocycles. The maximum Gasteiger partial charge on any atom is 0.318 e. The van der Waals surface area contributed by atoms with Crippen molar-refractivity contribution >= 4 is 29.2 Å². The molecule has 2 fully saturated rings. The van der Waals surface area contributed by atoms with Crippen LogP contribution in [0, 0.1) is 0 Å². The Bertz CT molecular complexity index is 601. The fourth-order valence-electron chi connectivity index (χ4n) is 3.22. The summed E-state index contributed by atoms with van der Waals surface area (Å²) in [6, 6.07) is 0.501. The first kappa shape index (κ1) is 16.0. The molecule has 8 heteroatoms. The quantitative estimate of drug-likeness (QED) is 0.845. The van der Waals surface area contributed by atoms with Gasteiger partial charge in [0.1, 0.15) is 5.02 Å². The van der Waals surface area contributed by atoms with Gasteiger partial charge in [-0.3, -0.25) is 14.5 Å². The lowest BCUT2D eigenvalue weighted by Crippen LogP contribution is -2.43. The van der Waals surface area contributed by atoms with Gasteiger partial charge in [0.05, 0.1) is 13.3 Å². The molecule has 1 aliphatic heterocycles. The van der Waals surface area contributed by atoms with Crippen LogP contribution in [0.2, 0.25) is 5.02 Å². The molecule has 1 N–H and O–H groups in total. The SMILES string of the molecule is COc1ncc(Cl)c(NC2CCC(N3C(=O)CCC3=O)CC2)n1. The zero-order valence-electron chi connectivity index (χ0n) is 12.9. The molecule has 2 aliphatic rings. The van der Waals surface area contributed by atoms with Gasteiger partial charge in [0.15, 0.2) is 5.82 Å². The van der Waals surface area contributed by atoms with Gasteiger partial charge in [0, 0.05) is 24.9 Å². The number of anilines is 1. The van der Waals surface area contributed by atoms with Gasteiger partial charge in [0.25, 0.3) is 0 Å². The topological polar surface area (TPSA) is 84.4 Å². The van der Waals surface area contributed by atoms with E-state index in [2.05, 4.69) is 15.3 Å². The number of rotatable bonds is 4. The van der Waals surface area contributed by atoms with E-state index in [4.69, 9.17) is 16.3 Å². The average molecular weight is 339 g/mol. The highest BCUT2D eigenvalue weighted by atomic mass is 35.5. The maximum absolute atomic E-state index is 11.8. The number of halogens is 1. The zero-order chi connectivity index (χ0) is 16.4. The Morgan fingerprint density at radius 3 is 2.48 bits per heavy atom. The number of hydrogen-bond donors (Lipinski definition) is 1. The second-order valence-electron chi connectivity index (χ2n) is 5.86. The van der Waals surface area contributed by atoms with Crippen LogP contribution in [-0.4, -0.2) is 45.9 Å². The number of ether oxygens (including phenoxy) is 1. The molecule has 0 radical (unpaired) electrons. The normalized spacial score (nSPS) is 24.9. The van der Waals surface area contributed by atoms with Crippen molar-refractivity contribution in [2.24, 2.45) is 0 Å². The average Bonchev–Trinajstić information content (AvgIpc) is 2.89. The van der Waals surface area contributed by atoms with Crippen molar-refractivity contribution in [2.75, 3.05) is 12.4 Å². The van der Waals surface area contributed by atoms with E-state index >= 15 is 0 Å². The first-order chi connectivity index (χ1) is 11.1. The van der Waals surface area contributed by atoms with Gasteiger partial charge in [-0.25, -0.2) is 4.98 Å². The summed E-state index contributed by atoms with van der Waals surface area (Å²) in [5, 5.41) is 3.75. The van der Waals surface area contributed by atoms with Crippen molar-refractivity contribution in [3.8, 4) is 6.01 Å². The van der Waals surface area contributed by atoms with Crippen LogP contribution in [0.4, 0.5) is 5.82 Å². The first-order valence-electron chi connectivity index (χ1n) is 7.76. The predicted molar refractivity (Wildman–Crippen MR) is 84.3 cm³/mol. The minimum absolute atomic E-state index is 0.0324. The molecule has 0 bridgehead atoms. The van der Waals surface area contributed by atoms with Gasteiger partial charge in [0.2, 0.25) is 11.8 Å². The maximum atomic E-state index is 11.8. The third-order valence-electron chi connectivity index (χ3n) is 4.40. The highest BCUT2D eigenvalue weighted by Gasteiger charge is 2.36. The second-order valence-corrected chi connectivity index (χ2v) is 6.27. The lowest BCUT2D eigenvalue weighted by molar-refractivity contribution is -0.141. The van der Waals surface area contributed by atoms with Gasteiger partial charge in [-0.15, -0.1) is 0 Å². The Labute approximate surface area is 139 Å². The van der Waals surface area contributed by atoms with Crippen LogP contribution in [0.1, 0.15) is 38.5 Å². The Kier molecular flexibility index (Phi) is 4.66. The molecule has 1 aromatic heterocycles. The molecule has 1 aliphatic carbocycles. The van der Waals surface area contributed by atoms with Gasteiger partial charge in [-0.2, -0.15) is 4.98 Å². The van der Waals surface area contributed by atoms with E-state index < -0.39 is 0 Å². The molecular weight excluding hydrogens is 320 g/mol. The minimum atomic E-state index is -0.0324. The molecule has 0 spiro atoms. The molecule has 1 saturated heterocycles. The number of carbonyl (C=O) groups excluding carboxylic acids is 2. The Hall–Kier alpha value is -1.89. The summed E-state index contributed by atoms with van der Waals surface area (Å²) in [5.41, 5.74) is 0. The minimum Gasteiger partial charge on any atom is -0.467 e. The number of aromatic nitrogens is 2. The van der Waals surface area contributed by atoms with Crippen LogP contribution >= 0.6 is 11.6 Å². The van der Waals surface area contributed by atoms with Crippen LogP contribution < -0.4 is 10.1 Å². The Morgan fingerprint density at radius 2 is 1.87 bits per heavy atom. The molecule has 1 saturated carbocycles. The summed E-state index contributed by atoms with van der Waals surface area (Å²) in [4.78, 5) is 33.2. The molecule has 0 unspecified atom stereocenters. The van der Waals surface area contributed by atoms with Crippen LogP contribution in [0.25, 0.3) is 0 Å². The summed E-state index contributed by atoms with van der Waals surface area (Å²) in [5.74, 6) is 0.486. The van der Waals surface area contributed by atoms with Crippen molar-refractivity contribution < 1.29 is 14.3 Å². The highest BCUT2D eigenvalue weighted by molar-refractivity contribution is 6.32. The fourth-order valence-corrected chi connectivity index (χ4v) is 3.37. The van der Waals surface area contributed by atoms with E-state index in [1.165, 1.54) is 18.2 Å². The largest absolute Gasteiger partial charge is 0.467 e. The highest BCUT2D eigenvalue weighted by Crippen LogP contribution is 2.30. The molecular formula is C15H19ClN4O3. The van der Waals surface area contributed by atoms with E-state index in [1.807, 2.05) is 0 Å². The molecule has 0 atom stereocenters. The predicted octanol–water partition coefficient (Wildman–Crippen LogP) is 2.01. The number of hydrogen-bond acceptors (Lipinski definition) is 6. The van der Waals surface area contributed by atoms with Crippen molar-refractivity contribution in [3.05, 3.63) is 11.2 Å². The lowest BCUT2D eigenvalue weighted by atomic mass is 9.90. The van der Waals surface area contributed by atoms with Gasteiger partial charge in [-0.1, -0.05) is 11.6 Å². The molecule has 124 valence electrons. The standard InChI is InChI=1S/C15H19ClN4O3/c1-23-15-17-8-11(16)14(19-15)18-9-2-4-10(5-3-9)20-12(21)6-7-13(20)22/h8-10H,2-7H2,1H3,(H,17,18,19). The van der Waals surface area contributed by atoms with Crippen molar-refractivity contribution in [1.82, 2.24) is 14.9 Å². The molecule has 0 aromatic carbocycles. The number of amides is 2. The molecule has 3 rings (SSSR count). The third kappa shape index (κ3) is 3.39. The van der Waals surface area contributed by atoms with Crippen LogP contribution in [0.3, 0.4) is 0 Å². The smallest absolute Gasteiger partial charge is 0.318 e. The summed E-state index contributed by atoms with van der Waals surface area (Å²) in [6.07, 6.45) is 5.52. The van der Waals surface area contributed by atoms with Crippen LogP contribution in [-0.2, 0) is 9.59 Å². The van der Waals surface area contributed by atoms with Gasteiger partial charge >= 0.3 is 6.01 Å².